The van der Waals surface area contributed by atoms with Crippen molar-refractivity contribution in [1.82, 2.24) is 5.32 Å². The van der Waals surface area contributed by atoms with Crippen LogP contribution in [0.25, 0.3) is 0 Å². The molecule has 1 aliphatic heterocycles. The van der Waals surface area contributed by atoms with Gasteiger partial charge in [-0.3, -0.25) is 4.79 Å². The lowest BCUT2D eigenvalue weighted by atomic mass is 10.1. The number of nitrogens with one attached hydrogen (secondary N) is 1. The van der Waals surface area contributed by atoms with Crippen molar-refractivity contribution >= 4 is 30.3 Å². The van der Waals surface area contributed by atoms with Gasteiger partial charge in [0.2, 0.25) is 5.91 Å². The van der Waals surface area contributed by atoms with Gasteiger partial charge in [0.15, 0.2) is 0 Å². The molecule has 0 aromatic carbocycles. The van der Waals surface area contributed by atoms with Gasteiger partial charge in [-0.25, -0.2) is 0 Å². The Morgan fingerprint density at radius 1 is 1.75 bits per heavy atom. The molecule has 1 aliphatic rings. The Morgan fingerprint density at radius 2 is 2.42 bits per heavy atom. The molecule has 0 aliphatic carbocycles. The number of hydrogen-bond donors (Lipinski definition) is 2. The van der Waals surface area contributed by atoms with E-state index in [0.29, 0.717) is 11.3 Å². The Morgan fingerprint density at radius 3 is 2.83 bits per heavy atom. The van der Waals surface area contributed by atoms with Crippen molar-refractivity contribution in [2.45, 2.75) is 36.8 Å². The van der Waals surface area contributed by atoms with Gasteiger partial charge in [-0.2, -0.15) is 24.4 Å². The number of amides is 1. The first-order chi connectivity index (χ1) is 5.61. The molecule has 1 saturated heterocycles. The molecule has 0 radical (unpaired) electrons. The Labute approximate surface area is 83.3 Å². The summed E-state index contributed by atoms with van der Waals surface area (Å²) in [6, 6.07) is 0.358. The molecule has 0 aromatic heterocycles. The number of carbonyl (C=O) groups is 1. The smallest absolute Gasteiger partial charge is 0.232 e. The molecule has 2 nitrogen and oxygen atoms in total. The van der Waals surface area contributed by atoms with Crippen LogP contribution in [0.1, 0.15) is 20.3 Å². The minimum absolute atomic E-state index is 0.0534. The zero-order valence-electron chi connectivity index (χ0n) is 7.41. The number of carbonyl (C=O) groups excluding carboxylic acids is 1. The fourth-order valence-corrected chi connectivity index (χ4v) is 2.50. The zero-order chi connectivity index (χ0) is 9.14. The SMILES string of the molecule is CC(S)C(=O)NC1CCSC1C. The second-order valence-electron chi connectivity index (χ2n) is 3.16. The Bertz CT molecular complexity index is 172. The van der Waals surface area contributed by atoms with Crippen LogP contribution in [0.5, 0.6) is 0 Å². The van der Waals surface area contributed by atoms with E-state index in [1.165, 1.54) is 0 Å². The van der Waals surface area contributed by atoms with Crippen molar-refractivity contribution in [1.29, 1.82) is 0 Å². The van der Waals surface area contributed by atoms with Crippen molar-refractivity contribution in [3.8, 4) is 0 Å². The maximum atomic E-state index is 11.2. The Kier molecular flexibility index (Phi) is 3.77. The second-order valence-corrected chi connectivity index (χ2v) is 5.42. The predicted octanol–water partition coefficient (Wildman–Crippen LogP) is 1.31. The molecule has 1 amide bonds. The van der Waals surface area contributed by atoms with Crippen LogP contribution in [0.15, 0.2) is 0 Å². The van der Waals surface area contributed by atoms with Crippen LogP contribution in [0, 0.1) is 0 Å². The van der Waals surface area contributed by atoms with Crippen LogP contribution < -0.4 is 5.32 Å². The summed E-state index contributed by atoms with van der Waals surface area (Å²) in [7, 11) is 0. The van der Waals surface area contributed by atoms with Gasteiger partial charge < -0.3 is 5.32 Å². The summed E-state index contributed by atoms with van der Waals surface area (Å²) in [5.41, 5.74) is 0. The van der Waals surface area contributed by atoms with Crippen molar-refractivity contribution in [3.05, 3.63) is 0 Å². The van der Waals surface area contributed by atoms with E-state index < -0.39 is 0 Å². The lowest BCUT2D eigenvalue weighted by Gasteiger charge is -2.17. The van der Waals surface area contributed by atoms with E-state index in [2.05, 4.69) is 24.9 Å². The molecule has 0 spiro atoms. The fraction of sp³-hybridized carbons (Fsp3) is 0.875. The highest BCUT2D eigenvalue weighted by atomic mass is 32.2. The van der Waals surface area contributed by atoms with E-state index in [1.54, 1.807) is 6.92 Å². The van der Waals surface area contributed by atoms with Gasteiger partial charge in [0.05, 0.1) is 5.25 Å². The molecule has 1 fully saturated rings. The standard InChI is InChI=1S/C8H15NOS2/c1-5(11)8(10)9-7-3-4-12-6(7)2/h5-7,11H,3-4H2,1-2H3,(H,9,10). The average Bonchev–Trinajstić information content (AvgIpc) is 2.36. The topological polar surface area (TPSA) is 29.1 Å². The van der Waals surface area contributed by atoms with Crippen molar-refractivity contribution in [2.24, 2.45) is 0 Å². The summed E-state index contributed by atoms with van der Waals surface area (Å²) < 4.78 is 0. The first-order valence-corrected chi connectivity index (χ1v) is 5.78. The maximum Gasteiger partial charge on any atom is 0.232 e. The molecule has 0 saturated carbocycles. The quantitative estimate of drug-likeness (QED) is 0.666. The second kappa shape index (κ2) is 4.42. The highest BCUT2D eigenvalue weighted by Gasteiger charge is 2.25. The van der Waals surface area contributed by atoms with Crippen LogP contribution >= 0.6 is 24.4 Å². The first-order valence-electron chi connectivity index (χ1n) is 4.21. The van der Waals surface area contributed by atoms with Crippen LogP contribution in [-0.4, -0.2) is 28.2 Å². The van der Waals surface area contributed by atoms with Crippen molar-refractivity contribution < 1.29 is 4.79 Å². The van der Waals surface area contributed by atoms with Crippen molar-refractivity contribution in [3.63, 3.8) is 0 Å². The fourth-order valence-electron chi connectivity index (χ4n) is 1.22. The zero-order valence-corrected chi connectivity index (χ0v) is 9.12. The van der Waals surface area contributed by atoms with Gasteiger partial charge in [-0.05, 0) is 19.1 Å². The van der Waals surface area contributed by atoms with Gasteiger partial charge in [-0.15, -0.1) is 0 Å². The maximum absolute atomic E-state index is 11.2. The Balaban J connectivity index is 2.35. The molecule has 1 rings (SSSR count). The summed E-state index contributed by atoms with van der Waals surface area (Å²) in [5.74, 6) is 1.21. The lowest BCUT2D eigenvalue weighted by Crippen LogP contribution is -2.41. The minimum Gasteiger partial charge on any atom is -0.351 e. The van der Waals surface area contributed by atoms with E-state index in [4.69, 9.17) is 0 Å². The van der Waals surface area contributed by atoms with E-state index in [0.717, 1.165) is 12.2 Å². The molecule has 0 aromatic rings. The lowest BCUT2D eigenvalue weighted by molar-refractivity contribution is -0.120. The summed E-state index contributed by atoms with van der Waals surface area (Å²) in [6.45, 7) is 3.96. The minimum atomic E-state index is -0.192. The number of hydrogen-bond acceptors (Lipinski definition) is 3. The third kappa shape index (κ3) is 2.59. The van der Waals surface area contributed by atoms with E-state index >= 15 is 0 Å². The molecular formula is C8H15NOS2. The van der Waals surface area contributed by atoms with Crippen molar-refractivity contribution in [2.75, 3.05) is 5.75 Å². The molecular weight excluding hydrogens is 190 g/mol. The molecule has 70 valence electrons. The van der Waals surface area contributed by atoms with E-state index in [9.17, 15) is 4.79 Å². The van der Waals surface area contributed by atoms with Gasteiger partial charge in [0.1, 0.15) is 0 Å². The molecule has 4 heteroatoms. The molecule has 3 atom stereocenters. The molecule has 1 heterocycles. The third-order valence-corrected chi connectivity index (χ3v) is 3.64. The predicted molar refractivity (Wildman–Crippen MR) is 56.9 cm³/mol. The highest BCUT2D eigenvalue weighted by Crippen LogP contribution is 2.26. The number of thioether (sulfide) groups is 1. The number of thiol groups is 1. The van der Waals surface area contributed by atoms with Crippen LogP contribution in [0.4, 0.5) is 0 Å². The van der Waals surface area contributed by atoms with E-state index in [-0.39, 0.29) is 11.2 Å². The summed E-state index contributed by atoms with van der Waals surface area (Å²) >= 11 is 6.00. The average molecular weight is 205 g/mol. The summed E-state index contributed by atoms with van der Waals surface area (Å²) in [6.07, 6.45) is 1.10. The normalized spacial score (nSPS) is 31.6. The highest BCUT2D eigenvalue weighted by molar-refractivity contribution is 8.00. The van der Waals surface area contributed by atoms with E-state index in [1.807, 2.05) is 11.8 Å². The van der Waals surface area contributed by atoms with Gasteiger partial charge in [0, 0.05) is 11.3 Å². The van der Waals surface area contributed by atoms with Crippen LogP contribution in [0.3, 0.4) is 0 Å². The molecule has 0 bridgehead atoms. The largest absolute Gasteiger partial charge is 0.351 e. The molecule has 3 unspecified atom stereocenters. The third-order valence-electron chi connectivity index (χ3n) is 2.08. The molecule has 12 heavy (non-hydrogen) atoms. The number of rotatable bonds is 2. The summed E-state index contributed by atoms with van der Waals surface area (Å²) in [5, 5.41) is 3.36. The molecule has 1 N–H and O–H groups in total. The van der Waals surface area contributed by atoms with Gasteiger partial charge >= 0.3 is 0 Å². The first kappa shape index (κ1) is 10.3. The summed E-state index contributed by atoms with van der Waals surface area (Å²) in [4.78, 5) is 11.2. The van der Waals surface area contributed by atoms with Gasteiger partial charge in [0.25, 0.3) is 0 Å². The van der Waals surface area contributed by atoms with Crippen LogP contribution in [-0.2, 0) is 4.79 Å². The van der Waals surface area contributed by atoms with Gasteiger partial charge in [-0.1, -0.05) is 6.92 Å². The van der Waals surface area contributed by atoms with Crippen LogP contribution in [0.2, 0.25) is 0 Å². The Hall–Kier alpha value is 0.170. The monoisotopic (exact) mass is 205 g/mol.